The second kappa shape index (κ2) is 6.50. The topological polar surface area (TPSA) is 81.8 Å². The van der Waals surface area contributed by atoms with Crippen molar-refractivity contribution in [3.63, 3.8) is 0 Å². The van der Waals surface area contributed by atoms with Gasteiger partial charge < -0.3 is 14.9 Å². The third-order valence-corrected chi connectivity index (χ3v) is 5.39. The summed E-state index contributed by atoms with van der Waals surface area (Å²) in [5.74, 6) is 1.00. The van der Waals surface area contributed by atoms with Crippen LogP contribution < -0.4 is 5.56 Å². The molecule has 1 aliphatic carbocycles. The number of carbonyl (C=O) groups is 1. The third kappa shape index (κ3) is 3.13. The number of hydrogen-bond donors (Lipinski definition) is 2. The number of pyridine rings is 1. The van der Waals surface area contributed by atoms with Crippen molar-refractivity contribution in [2.75, 3.05) is 13.1 Å². The summed E-state index contributed by atoms with van der Waals surface area (Å²) < 4.78 is 0. The fourth-order valence-electron chi connectivity index (χ4n) is 4.03. The molecule has 25 heavy (non-hydrogen) atoms. The molecular weight excluding hydrogens is 316 g/mol. The summed E-state index contributed by atoms with van der Waals surface area (Å²) in [4.78, 5) is 37.8. The Kier molecular flexibility index (Phi) is 4.19. The van der Waals surface area contributed by atoms with E-state index in [0.29, 0.717) is 13.1 Å². The number of likely N-dealkylation sites (tertiary alicyclic amines) is 1. The average molecular weight is 340 g/mol. The molecule has 1 saturated heterocycles. The Balaban J connectivity index is 1.57. The van der Waals surface area contributed by atoms with Gasteiger partial charge in [-0.3, -0.25) is 9.59 Å². The van der Waals surface area contributed by atoms with E-state index in [0.717, 1.165) is 61.3 Å². The maximum atomic E-state index is 13.0. The molecule has 2 N–H and O–H groups in total. The minimum atomic E-state index is -0.249. The van der Waals surface area contributed by atoms with Crippen LogP contribution in [0.15, 0.2) is 17.1 Å². The van der Waals surface area contributed by atoms with Crippen LogP contribution in [-0.2, 0) is 12.8 Å². The predicted octanol–water partition coefficient (Wildman–Crippen LogP) is 2.31. The Bertz CT molecular complexity index is 851. The van der Waals surface area contributed by atoms with Crippen LogP contribution in [0.3, 0.4) is 0 Å². The Morgan fingerprint density at radius 2 is 2.08 bits per heavy atom. The third-order valence-electron chi connectivity index (χ3n) is 5.39. The molecule has 0 radical (unpaired) electrons. The SMILES string of the molecule is Cc1cnc([C@H]2CCCN(C(=O)c3cc4c([nH]c3=O)CCCC4)C2)[nH]1. The molecule has 6 nitrogen and oxygen atoms in total. The average Bonchev–Trinajstić information content (AvgIpc) is 3.07. The lowest BCUT2D eigenvalue weighted by Gasteiger charge is -2.32. The maximum absolute atomic E-state index is 13.0. The number of fused-ring (bicyclic) bond motifs is 1. The van der Waals surface area contributed by atoms with Crippen molar-refractivity contribution in [2.45, 2.75) is 51.4 Å². The van der Waals surface area contributed by atoms with Crippen molar-refractivity contribution in [1.82, 2.24) is 19.9 Å². The first-order chi connectivity index (χ1) is 12.1. The molecule has 3 heterocycles. The number of nitrogens with one attached hydrogen (secondary N) is 2. The minimum Gasteiger partial charge on any atom is -0.346 e. The van der Waals surface area contributed by atoms with Crippen molar-refractivity contribution in [3.8, 4) is 0 Å². The number of rotatable bonds is 2. The van der Waals surface area contributed by atoms with Gasteiger partial charge in [-0.25, -0.2) is 4.98 Å². The van der Waals surface area contributed by atoms with E-state index >= 15 is 0 Å². The molecule has 1 atom stereocenters. The highest BCUT2D eigenvalue weighted by molar-refractivity contribution is 5.94. The largest absolute Gasteiger partial charge is 0.346 e. The van der Waals surface area contributed by atoms with Crippen LogP contribution in [0.2, 0.25) is 0 Å². The fourth-order valence-corrected chi connectivity index (χ4v) is 4.03. The van der Waals surface area contributed by atoms with Gasteiger partial charge in [-0.15, -0.1) is 0 Å². The van der Waals surface area contributed by atoms with Gasteiger partial charge in [0, 0.05) is 36.6 Å². The highest BCUT2D eigenvalue weighted by Crippen LogP contribution is 2.26. The summed E-state index contributed by atoms with van der Waals surface area (Å²) in [5, 5.41) is 0. The summed E-state index contributed by atoms with van der Waals surface area (Å²) >= 11 is 0. The highest BCUT2D eigenvalue weighted by Gasteiger charge is 2.29. The van der Waals surface area contributed by atoms with Gasteiger partial charge in [0.1, 0.15) is 11.4 Å². The molecule has 0 spiro atoms. The second-order valence-electron chi connectivity index (χ2n) is 7.26. The standard InChI is InChI=1S/C19H24N4O2/c1-12-10-20-17(21-12)14-6-4-8-23(11-14)19(25)15-9-13-5-2-3-7-16(13)22-18(15)24/h9-10,14H,2-8,11H2,1H3,(H,20,21)(H,22,24)/t14-/m0/s1. The zero-order valence-electron chi connectivity index (χ0n) is 14.6. The summed E-state index contributed by atoms with van der Waals surface area (Å²) in [6.45, 7) is 3.29. The molecule has 4 rings (SSSR count). The summed E-state index contributed by atoms with van der Waals surface area (Å²) in [6, 6.07) is 1.83. The maximum Gasteiger partial charge on any atom is 0.261 e. The van der Waals surface area contributed by atoms with Crippen molar-refractivity contribution in [2.24, 2.45) is 0 Å². The van der Waals surface area contributed by atoms with Gasteiger partial charge >= 0.3 is 0 Å². The molecule has 0 unspecified atom stereocenters. The Morgan fingerprint density at radius 3 is 2.88 bits per heavy atom. The zero-order valence-corrected chi connectivity index (χ0v) is 14.6. The van der Waals surface area contributed by atoms with Gasteiger partial charge in [0.25, 0.3) is 11.5 Å². The lowest BCUT2D eigenvalue weighted by atomic mass is 9.94. The number of carbonyl (C=O) groups excluding carboxylic acids is 1. The van der Waals surface area contributed by atoms with Gasteiger partial charge in [-0.2, -0.15) is 0 Å². The van der Waals surface area contributed by atoms with E-state index in [1.54, 1.807) is 0 Å². The molecule has 0 saturated carbocycles. The van der Waals surface area contributed by atoms with E-state index < -0.39 is 0 Å². The van der Waals surface area contributed by atoms with Gasteiger partial charge in [0.2, 0.25) is 0 Å². The summed E-state index contributed by atoms with van der Waals surface area (Å²) in [6.07, 6.45) is 7.84. The van der Waals surface area contributed by atoms with Crippen molar-refractivity contribution >= 4 is 5.91 Å². The van der Waals surface area contributed by atoms with Gasteiger partial charge in [0.15, 0.2) is 0 Å². The van der Waals surface area contributed by atoms with Crippen LogP contribution in [0, 0.1) is 6.92 Å². The number of H-pyrrole nitrogens is 2. The van der Waals surface area contributed by atoms with Crippen molar-refractivity contribution in [1.29, 1.82) is 0 Å². The summed E-state index contributed by atoms with van der Waals surface area (Å²) in [7, 11) is 0. The molecule has 1 fully saturated rings. The number of piperidine rings is 1. The molecule has 0 bridgehead atoms. The molecule has 2 aliphatic rings. The lowest BCUT2D eigenvalue weighted by Crippen LogP contribution is -2.41. The van der Waals surface area contributed by atoms with Crippen LogP contribution in [0.4, 0.5) is 0 Å². The molecular formula is C19H24N4O2. The Labute approximate surface area is 146 Å². The molecule has 0 aromatic carbocycles. The van der Waals surface area contributed by atoms with E-state index in [1.807, 2.05) is 24.1 Å². The van der Waals surface area contributed by atoms with E-state index in [9.17, 15) is 9.59 Å². The first kappa shape index (κ1) is 16.1. The van der Waals surface area contributed by atoms with Crippen LogP contribution in [0.5, 0.6) is 0 Å². The van der Waals surface area contributed by atoms with E-state index in [2.05, 4.69) is 15.0 Å². The quantitative estimate of drug-likeness (QED) is 0.880. The predicted molar refractivity (Wildman–Crippen MR) is 94.9 cm³/mol. The molecule has 1 aliphatic heterocycles. The van der Waals surface area contributed by atoms with Crippen molar-refractivity contribution in [3.05, 3.63) is 51.0 Å². The Morgan fingerprint density at radius 1 is 1.24 bits per heavy atom. The number of nitrogens with zero attached hydrogens (tertiary/aromatic N) is 2. The number of imidazole rings is 1. The number of amides is 1. The van der Waals surface area contributed by atoms with Crippen LogP contribution in [0.25, 0.3) is 0 Å². The first-order valence-corrected chi connectivity index (χ1v) is 9.17. The number of aryl methyl sites for hydroxylation is 3. The lowest BCUT2D eigenvalue weighted by molar-refractivity contribution is 0.0702. The number of aromatic nitrogens is 3. The van der Waals surface area contributed by atoms with Gasteiger partial charge in [0.05, 0.1) is 0 Å². The van der Waals surface area contributed by atoms with Gasteiger partial charge in [-0.05, 0) is 57.1 Å². The number of hydrogen-bond acceptors (Lipinski definition) is 3. The second-order valence-corrected chi connectivity index (χ2v) is 7.26. The fraction of sp³-hybridized carbons (Fsp3) is 0.526. The highest BCUT2D eigenvalue weighted by atomic mass is 16.2. The monoisotopic (exact) mass is 340 g/mol. The van der Waals surface area contributed by atoms with Gasteiger partial charge in [-0.1, -0.05) is 0 Å². The Hall–Kier alpha value is -2.37. The molecule has 2 aromatic heterocycles. The van der Waals surface area contributed by atoms with Crippen molar-refractivity contribution < 1.29 is 4.79 Å². The van der Waals surface area contributed by atoms with Crippen LogP contribution in [0.1, 0.15) is 64.7 Å². The van der Waals surface area contributed by atoms with Crippen LogP contribution >= 0.6 is 0 Å². The molecule has 132 valence electrons. The minimum absolute atomic E-state index is 0.150. The summed E-state index contributed by atoms with van der Waals surface area (Å²) in [5.41, 5.74) is 3.21. The molecule has 1 amide bonds. The number of aromatic amines is 2. The first-order valence-electron chi connectivity index (χ1n) is 9.17. The van der Waals surface area contributed by atoms with E-state index in [4.69, 9.17) is 0 Å². The van der Waals surface area contributed by atoms with Crippen LogP contribution in [-0.4, -0.2) is 38.8 Å². The zero-order chi connectivity index (χ0) is 17.4. The van der Waals surface area contributed by atoms with E-state index in [-0.39, 0.29) is 22.9 Å². The van der Waals surface area contributed by atoms with E-state index in [1.165, 1.54) is 0 Å². The molecule has 6 heteroatoms. The molecule has 2 aromatic rings. The normalized spacial score (nSPS) is 20.4. The smallest absolute Gasteiger partial charge is 0.261 e.